The van der Waals surface area contributed by atoms with E-state index in [1.165, 1.54) is 11.1 Å². The smallest absolute Gasteiger partial charge is 0.0946 e. The summed E-state index contributed by atoms with van der Waals surface area (Å²) >= 11 is 0. The molecule has 0 radical (unpaired) electrons. The number of rotatable bonds is 0. The van der Waals surface area contributed by atoms with Gasteiger partial charge in [-0.2, -0.15) is 0 Å². The zero-order valence-electron chi connectivity index (χ0n) is 7.12. The molecule has 2 nitrogen and oxygen atoms in total. The molecule has 1 aromatic carbocycles. The van der Waals surface area contributed by atoms with Crippen LogP contribution in [0.15, 0.2) is 18.2 Å². The third kappa shape index (κ3) is 0.958. The minimum atomic E-state index is -0.458. The van der Waals surface area contributed by atoms with Crippen LogP contribution in [0.2, 0.25) is 0 Å². The predicted molar refractivity (Wildman–Crippen MR) is 47.8 cm³/mol. The molecule has 1 aromatic rings. The summed E-state index contributed by atoms with van der Waals surface area (Å²) in [5, 5.41) is 9.65. The van der Waals surface area contributed by atoms with Gasteiger partial charge in [0.15, 0.2) is 0 Å². The van der Waals surface area contributed by atoms with Crippen LogP contribution in [0.25, 0.3) is 0 Å². The first kappa shape index (κ1) is 7.77. The fraction of sp³-hybridized carbons (Fsp3) is 0.400. The largest absolute Gasteiger partial charge is 0.387 e. The minimum absolute atomic E-state index is 0.110. The molecule has 0 heterocycles. The summed E-state index contributed by atoms with van der Waals surface area (Å²) in [4.78, 5) is 0. The topological polar surface area (TPSA) is 46.2 Å². The molecule has 2 heteroatoms. The molecule has 2 rings (SSSR count). The van der Waals surface area contributed by atoms with Crippen LogP contribution >= 0.6 is 0 Å². The van der Waals surface area contributed by atoms with Crippen molar-refractivity contribution in [2.45, 2.75) is 25.5 Å². The van der Waals surface area contributed by atoms with Crippen molar-refractivity contribution in [2.24, 2.45) is 5.73 Å². The standard InChI is InChI=1S/C10H13NO/c1-6-3-2-4-7-8(6)5-9(11)10(7)12/h2-4,9-10,12H,5,11H2,1H3. The Labute approximate surface area is 72.0 Å². The third-order valence-electron chi connectivity index (χ3n) is 2.61. The van der Waals surface area contributed by atoms with Gasteiger partial charge in [-0.25, -0.2) is 0 Å². The highest BCUT2D eigenvalue weighted by atomic mass is 16.3. The van der Waals surface area contributed by atoms with Gasteiger partial charge in [0.2, 0.25) is 0 Å². The fourth-order valence-corrected chi connectivity index (χ4v) is 1.86. The lowest BCUT2D eigenvalue weighted by Gasteiger charge is -2.07. The first-order chi connectivity index (χ1) is 5.70. The molecule has 0 amide bonds. The number of benzene rings is 1. The average Bonchev–Trinajstić information content (AvgIpc) is 2.32. The molecule has 0 saturated heterocycles. The van der Waals surface area contributed by atoms with E-state index in [0.717, 1.165) is 12.0 Å². The first-order valence-corrected chi connectivity index (χ1v) is 4.22. The average molecular weight is 163 g/mol. The van der Waals surface area contributed by atoms with Crippen molar-refractivity contribution in [1.82, 2.24) is 0 Å². The number of hydrogen-bond donors (Lipinski definition) is 2. The minimum Gasteiger partial charge on any atom is -0.387 e. The van der Waals surface area contributed by atoms with E-state index < -0.39 is 6.10 Å². The molecule has 2 atom stereocenters. The van der Waals surface area contributed by atoms with Gasteiger partial charge in [-0.05, 0) is 30.0 Å². The Morgan fingerprint density at radius 2 is 2.25 bits per heavy atom. The van der Waals surface area contributed by atoms with Crippen molar-refractivity contribution in [3.63, 3.8) is 0 Å². The zero-order valence-corrected chi connectivity index (χ0v) is 7.12. The normalized spacial score (nSPS) is 27.2. The van der Waals surface area contributed by atoms with E-state index in [4.69, 9.17) is 5.73 Å². The molecule has 64 valence electrons. The highest BCUT2D eigenvalue weighted by molar-refractivity contribution is 5.41. The third-order valence-corrected chi connectivity index (χ3v) is 2.61. The molecule has 0 bridgehead atoms. The lowest BCUT2D eigenvalue weighted by Crippen LogP contribution is -2.24. The van der Waals surface area contributed by atoms with Gasteiger partial charge < -0.3 is 10.8 Å². The van der Waals surface area contributed by atoms with Gasteiger partial charge in [0.25, 0.3) is 0 Å². The predicted octanol–water partition coefficient (Wildman–Crippen LogP) is 0.912. The van der Waals surface area contributed by atoms with E-state index in [1.807, 2.05) is 12.1 Å². The van der Waals surface area contributed by atoms with E-state index in [1.54, 1.807) is 0 Å². The maximum absolute atomic E-state index is 9.65. The van der Waals surface area contributed by atoms with Crippen molar-refractivity contribution < 1.29 is 5.11 Å². The number of nitrogens with two attached hydrogens (primary N) is 1. The van der Waals surface area contributed by atoms with Crippen molar-refractivity contribution in [2.75, 3.05) is 0 Å². The fourth-order valence-electron chi connectivity index (χ4n) is 1.86. The lowest BCUT2D eigenvalue weighted by atomic mass is 10.0. The second-order valence-corrected chi connectivity index (χ2v) is 3.46. The van der Waals surface area contributed by atoms with Crippen LogP contribution in [0.4, 0.5) is 0 Å². The number of aliphatic hydroxyl groups is 1. The zero-order chi connectivity index (χ0) is 8.72. The number of hydrogen-bond acceptors (Lipinski definition) is 2. The molecular formula is C10H13NO. The Bertz CT molecular complexity index is 309. The molecular weight excluding hydrogens is 150 g/mol. The summed E-state index contributed by atoms with van der Waals surface area (Å²) < 4.78 is 0. The van der Waals surface area contributed by atoms with Gasteiger partial charge in [0.1, 0.15) is 0 Å². The SMILES string of the molecule is Cc1cccc2c1CC(N)C2O. The van der Waals surface area contributed by atoms with Crippen molar-refractivity contribution in [3.05, 3.63) is 34.9 Å². The summed E-state index contributed by atoms with van der Waals surface area (Å²) in [6, 6.07) is 5.87. The molecule has 3 N–H and O–H groups in total. The monoisotopic (exact) mass is 163 g/mol. The molecule has 0 fully saturated rings. The van der Waals surface area contributed by atoms with E-state index in [0.29, 0.717) is 0 Å². The van der Waals surface area contributed by atoms with Crippen LogP contribution in [-0.2, 0) is 6.42 Å². The second-order valence-electron chi connectivity index (χ2n) is 3.46. The summed E-state index contributed by atoms with van der Waals surface area (Å²) in [5.74, 6) is 0. The van der Waals surface area contributed by atoms with Gasteiger partial charge in [-0.15, -0.1) is 0 Å². The molecule has 0 saturated carbocycles. The molecule has 2 unspecified atom stereocenters. The van der Waals surface area contributed by atoms with Crippen LogP contribution in [0.1, 0.15) is 22.8 Å². The van der Waals surface area contributed by atoms with E-state index in [2.05, 4.69) is 13.0 Å². The van der Waals surface area contributed by atoms with E-state index >= 15 is 0 Å². The first-order valence-electron chi connectivity index (χ1n) is 4.22. The van der Waals surface area contributed by atoms with Crippen molar-refractivity contribution in [3.8, 4) is 0 Å². The Hall–Kier alpha value is -0.860. The van der Waals surface area contributed by atoms with E-state index in [-0.39, 0.29) is 6.04 Å². The molecule has 0 aliphatic heterocycles. The Morgan fingerprint density at radius 1 is 1.50 bits per heavy atom. The van der Waals surface area contributed by atoms with Gasteiger partial charge >= 0.3 is 0 Å². The number of aryl methyl sites for hydroxylation is 1. The van der Waals surface area contributed by atoms with E-state index in [9.17, 15) is 5.11 Å². The molecule has 0 aromatic heterocycles. The maximum atomic E-state index is 9.65. The Balaban J connectivity index is 2.53. The Kier molecular flexibility index (Phi) is 1.67. The van der Waals surface area contributed by atoms with Crippen LogP contribution in [0, 0.1) is 6.92 Å². The lowest BCUT2D eigenvalue weighted by molar-refractivity contribution is 0.159. The summed E-state index contributed by atoms with van der Waals surface area (Å²) in [6.45, 7) is 2.06. The molecule has 1 aliphatic carbocycles. The van der Waals surface area contributed by atoms with Gasteiger partial charge in [0, 0.05) is 6.04 Å². The second kappa shape index (κ2) is 2.57. The van der Waals surface area contributed by atoms with Gasteiger partial charge in [-0.3, -0.25) is 0 Å². The molecule has 1 aliphatic rings. The van der Waals surface area contributed by atoms with Crippen molar-refractivity contribution in [1.29, 1.82) is 0 Å². The highest BCUT2D eigenvalue weighted by Crippen LogP contribution is 2.31. The van der Waals surface area contributed by atoms with Crippen LogP contribution in [0.3, 0.4) is 0 Å². The maximum Gasteiger partial charge on any atom is 0.0946 e. The summed E-state index contributed by atoms with van der Waals surface area (Å²) in [7, 11) is 0. The van der Waals surface area contributed by atoms with Crippen LogP contribution in [0.5, 0.6) is 0 Å². The quantitative estimate of drug-likeness (QED) is 0.597. The van der Waals surface area contributed by atoms with Crippen LogP contribution < -0.4 is 5.73 Å². The van der Waals surface area contributed by atoms with Gasteiger partial charge in [-0.1, -0.05) is 18.2 Å². The number of fused-ring (bicyclic) bond motifs is 1. The molecule has 0 spiro atoms. The summed E-state index contributed by atoms with van der Waals surface area (Å²) in [5.41, 5.74) is 9.23. The Morgan fingerprint density at radius 3 is 2.92 bits per heavy atom. The number of aliphatic hydroxyl groups excluding tert-OH is 1. The molecule has 12 heavy (non-hydrogen) atoms. The van der Waals surface area contributed by atoms with Gasteiger partial charge in [0.05, 0.1) is 6.10 Å². The van der Waals surface area contributed by atoms with Crippen molar-refractivity contribution >= 4 is 0 Å². The summed E-state index contributed by atoms with van der Waals surface area (Å²) in [6.07, 6.45) is 0.350. The highest BCUT2D eigenvalue weighted by Gasteiger charge is 2.28. The van der Waals surface area contributed by atoms with Crippen LogP contribution in [-0.4, -0.2) is 11.1 Å².